The fraction of sp³-hybridized carbons (Fsp3) is 0.484. The zero-order valence-corrected chi connectivity index (χ0v) is 26.1. The molecule has 11 nitrogen and oxygen atoms in total. The minimum atomic E-state index is -0.654. The van der Waals surface area contributed by atoms with Crippen LogP contribution < -0.4 is 20.4 Å². The van der Waals surface area contributed by atoms with E-state index in [0.29, 0.717) is 37.5 Å². The molecule has 2 saturated heterocycles. The van der Waals surface area contributed by atoms with Crippen molar-refractivity contribution in [2.75, 3.05) is 74.5 Å². The van der Waals surface area contributed by atoms with Gasteiger partial charge in [-0.05, 0) is 37.7 Å². The molecule has 4 rings (SSSR count). The van der Waals surface area contributed by atoms with Gasteiger partial charge in [-0.3, -0.25) is 0 Å². The number of ether oxygens (including phenoxy) is 1. The van der Waals surface area contributed by atoms with Crippen molar-refractivity contribution in [1.29, 1.82) is 5.26 Å². The van der Waals surface area contributed by atoms with Gasteiger partial charge >= 0.3 is 176 Å². The molecule has 0 spiro atoms. The van der Waals surface area contributed by atoms with Crippen LogP contribution in [-0.2, 0) is 9.39 Å². The number of hydrogen-bond donors (Lipinski definition) is 2. The van der Waals surface area contributed by atoms with Gasteiger partial charge in [0.15, 0.2) is 0 Å². The topological polar surface area (TPSA) is 113 Å². The molecule has 0 saturated carbocycles. The number of alkyl carbamates (subject to hydrolysis) is 1. The molecule has 0 aromatic heterocycles. The van der Waals surface area contributed by atoms with Gasteiger partial charge in [0.1, 0.15) is 0 Å². The summed E-state index contributed by atoms with van der Waals surface area (Å²) in [4.78, 5) is 34.4. The third kappa shape index (κ3) is 8.64. The monoisotopic (exact) mass is 587 g/mol. The zero-order valence-electron chi connectivity index (χ0n) is 26.1. The SMILES string of the molecule is Cc1cc(N2CCN(C)CC2)ccc1NC(=O)c1ccc(N2CCN(C(=BOC#N)NC(=O)OC(C)(C)C)CC2)cc1C. The van der Waals surface area contributed by atoms with E-state index in [-0.39, 0.29) is 5.91 Å². The molecule has 0 aliphatic carbocycles. The molecule has 228 valence electrons. The summed E-state index contributed by atoms with van der Waals surface area (Å²) >= 11 is 0. The number of nitriles is 1. The molecule has 2 aliphatic heterocycles. The van der Waals surface area contributed by atoms with Crippen LogP contribution in [0.25, 0.3) is 0 Å². The summed E-state index contributed by atoms with van der Waals surface area (Å²) in [6, 6.07) is 12.1. The maximum absolute atomic E-state index is 13.2. The van der Waals surface area contributed by atoms with Crippen LogP contribution >= 0.6 is 0 Å². The van der Waals surface area contributed by atoms with Crippen LogP contribution in [0.15, 0.2) is 36.4 Å². The first kappa shape index (κ1) is 31.7. The zero-order chi connectivity index (χ0) is 31.1. The second kappa shape index (κ2) is 13.8. The van der Waals surface area contributed by atoms with Crippen molar-refractivity contribution in [3.8, 4) is 6.26 Å². The normalized spacial score (nSPS) is 16.2. The molecule has 2 N–H and O–H groups in total. The molecule has 2 fully saturated rings. The Balaban J connectivity index is 1.36. The molecular formula is C31H42BN7O4. The summed E-state index contributed by atoms with van der Waals surface area (Å²) in [7, 11) is 3.37. The van der Waals surface area contributed by atoms with E-state index in [1.54, 1.807) is 27.0 Å². The van der Waals surface area contributed by atoms with Crippen LogP contribution in [0.5, 0.6) is 0 Å². The van der Waals surface area contributed by atoms with Crippen molar-refractivity contribution in [3.05, 3.63) is 53.1 Å². The predicted octanol–water partition coefficient (Wildman–Crippen LogP) is 3.16. The Bertz CT molecular complexity index is 1390. The van der Waals surface area contributed by atoms with Crippen molar-refractivity contribution in [2.45, 2.75) is 40.2 Å². The van der Waals surface area contributed by atoms with Crippen molar-refractivity contribution < 1.29 is 19.0 Å². The Kier molecular flexibility index (Phi) is 10.2. The summed E-state index contributed by atoms with van der Waals surface area (Å²) in [5.41, 5.74) is 5.28. The Hall–Kier alpha value is -4.24. The molecule has 12 heteroatoms. The summed E-state index contributed by atoms with van der Waals surface area (Å²) in [6.45, 7) is 15.9. The van der Waals surface area contributed by atoms with Crippen LogP contribution in [0.4, 0.5) is 21.9 Å². The molecular weight excluding hydrogens is 545 g/mol. The van der Waals surface area contributed by atoms with E-state index < -0.39 is 11.7 Å². The van der Waals surface area contributed by atoms with Crippen molar-refractivity contribution in [2.24, 2.45) is 0 Å². The second-order valence-corrected chi connectivity index (χ2v) is 12.1. The van der Waals surface area contributed by atoms with E-state index in [0.717, 1.165) is 48.7 Å². The summed E-state index contributed by atoms with van der Waals surface area (Å²) in [5, 5.41) is 14.6. The average Bonchev–Trinajstić information content (AvgIpc) is 2.95. The van der Waals surface area contributed by atoms with E-state index in [1.807, 2.05) is 43.0 Å². The number of nitrogens with zero attached hydrogens (tertiary/aromatic N) is 5. The van der Waals surface area contributed by atoms with E-state index in [1.165, 1.54) is 12.8 Å². The van der Waals surface area contributed by atoms with Gasteiger partial charge in [-0.2, -0.15) is 0 Å². The van der Waals surface area contributed by atoms with Gasteiger partial charge in [0, 0.05) is 31.9 Å². The van der Waals surface area contributed by atoms with Gasteiger partial charge in [0.2, 0.25) is 0 Å². The predicted molar refractivity (Wildman–Crippen MR) is 171 cm³/mol. The number of likely N-dealkylation sites (N-methyl/N-ethyl adjacent to an activating group) is 1. The molecule has 0 bridgehead atoms. The molecule has 2 heterocycles. The number of piperazine rings is 2. The van der Waals surface area contributed by atoms with Crippen molar-refractivity contribution in [3.63, 3.8) is 0 Å². The molecule has 0 atom stereocenters. The van der Waals surface area contributed by atoms with E-state index in [4.69, 9.17) is 14.7 Å². The van der Waals surface area contributed by atoms with E-state index in [9.17, 15) is 9.59 Å². The third-order valence-corrected chi connectivity index (χ3v) is 7.62. The summed E-state index contributed by atoms with van der Waals surface area (Å²) in [5.74, 6) is -0.134. The summed E-state index contributed by atoms with van der Waals surface area (Å²) < 4.78 is 10.2. The quantitative estimate of drug-likeness (QED) is 0.373. The van der Waals surface area contributed by atoms with Crippen LogP contribution in [0.1, 0.15) is 42.3 Å². The molecule has 43 heavy (non-hydrogen) atoms. The van der Waals surface area contributed by atoms with Gasteiger partial charge in [0.25, 0.3) is 0 Å². The number of rotatable bonds is 7. The fourth-order valence-electron chi connectivity index (χ4n) is 5.22. The molecule has 2 aromatic rings. The minimum absolute atomic E-state index is 0.134. The number of anilines is 3. The molecule has 2 amide bonds. The third-order valence-electron chi connectivity index (χ3n) is 7.62. The van der Waals surface area contributed by atoms with Crippen molar-refractivity contribution >= 4 is 41.9 Å². The van der Waals surface area contributed by atoms with Gasteiger partial charge in [-0.15, -0.1) is 0 Å². The Morgan fingerprint density at radius 3 is 2.02 bits per heavy atom. The van der Waals surface area contributed by atoms with Crippen LogP contribution in [-0.4, -0.2) is 99.6 Å². The first-order valence-electron chi connectivity index (χ1n) is 14.6. The Morgan fingerprint density at radius 2 is 1.47 bits per heavy atom. The van der Waals surface area contributed by atoms with E-state index in [2.05, 4.69) is 44.5 Å². The van der Waals surface area contributed by atoms with Crippen molar-refractivity contribution in [1.82, 2.24) is 15.1 Å². The fourth-order valence-corrected chi connectivity index (χ4v) is 5.22. The van der Waals surface area contributed by atoms with Crippen LogP contribution in [0.2, 0.25) is 0 Å². The molecule has 0 radical (unpaired) electrons. The van der Waals surface area contributed by atoms with Crippen LogP contribution in [0.3, 0.4) is 0 Å². The van der Waals surface area contributed by atoms with Gasteiger partial charge in [-0.25, -0.2) is 0 Å². The number of carbonyl (C=O) groups is 2. The number of aryl methyl sites for hydroxylation is 2. The summed E-state index contributed by atoms with van der Waals surface area (Å²) in [6.07, 6.45) is 0.991. The Morgan fingerprint density at radius 1 is 0.884 bits per heavy atom. The van der Waals surface area contributed by atoms with Gasteiger partial charge in [-0.1, -0.05) is 0 Å². The first-order chi connectivity index (χ1) is 20.4. The number of nitrogens with one attached hydrogen (secondary N) is 2. The Labute approximate surface area is 255 Å². The number of amides is 2. The van der Waals surface area contributed by atoms with E-state index >= 15 is 0 Å². The van der Waals surface area contributed by atoms with Gasteiger partial charge in [0.05, 0.1) is 0 Å². The van der Waals surface area contributed by atoms with Crippen LogP contribution in [0, 0.1) is 25.4 Å². The second-order valence-electron chi connectivity index (χ2n) is 12.1. The number of hydrogen-bond acceptors (Lipinski definition) is 9. The molecule has 2 aromatic carbocycles. The average molecular weight is 588 g/mol. The molecule has 0 unspecified atom stereocenters. The van der Waals surface area contributed by atoms with Gasteiger partial charge < -0.3 is 9.80 Å². The number of carbonyl (C=O) groups excluding carboxylic acids is 2. The molecule has 2 aliphatic rings. The number of benzene rings is 2. The maximum atomic E-state index is 13.2. The standard InChI is InChI=1S/C31H42BN7O4/c1-22-19-24(38-15-17-39(18-16-38)29(32-42-21-33)35-30(41)43-31(3,4)5)7-9-26(22)28(40)34-27-10-8-25(20-23(27)2)37-13-11-36(6)12-14-37/h7-10,19-20H,11-18H2,1-6H3,(H,34,40)(H,35,41). The first-order valence-corrected chi connectivity index (χ1v) is 14.6.